The van der Waals surface area contributed by atoms with Crippen molar-refractivity contribution >= 4 is 7.82 Å². The number of alkyl halides is 7. The molecule has 0 radical (unpaired) electrons. The van der Waals surface area contributed by atoms with Crippen LogP contribution in [0.15, 0.2) is 0 Å². The number of phosphoric acid groups is 1. The summed E-state index contributed by atoms with van der Waals surface area (Å²) in [5.74, 6) is 0. The Morgan fingerprint density at radius 2 is 1.44 bits per heavy atom. The van der Waals surface area contributed by atoms with Crippen LogP contribution < -0.4 is 0 Å². The molecule has 12 heteroatoms. The van der Waals surface area contributed by atoms with Gasteiger partial charge in [-0.05, 0) is 0 Å². The summed E-state index contributed by atoms with van der Waals surface area (Å²) in [4.78, 5) is 0. The average molecular weight is 278 g/mol. The van der Waals surface area contributed by atoms with Gasteiger partial charge in [0.1, 0.15) is 0 Å². The molecular formula is C4H2F7O4P. The molecule has 0 aliphatic carbocycles. The first-order chi connectivity index (χ1) is 6.87. The highest BCUT2D eigenvalue weighted by Crippen LogP contribution is 2.67. The summed E-state index contributed by atoms with van der Waals surface area (Å²) in [5.41, 5.74) is 0. The lowest BCUT2D eigenvalue weighted by molar-refractivity contribution is -0.344. The van der Waals surface area contributed by atoms with Gasteiger partial charge >= 0.3 is 26.2 Å². The van der Waals surface area contributed by atoms with E-state index in [9.17, 15) is 35.3 Å². The first kappa shape index (κ1) is 13.7. The zero-order chi connectivity index (χ0) is 12.8. The van der Waals surface area contributed by atoms with Crippen molar-refractivity contribution in [3.05, 3.63) is 0 Å². The van der Waals surface area contributed by atoms with Crippen LogP contribution in [0.25, 0.3) is 0 Å². The lowest BCUT2D eigenvalue weighted by Gasteiger charge is -2.10. The minimum atomic E-state index is -5.63. The molecule has 16 heavy (non-hydrogen) atoms. The standard InChI is InChI=1S/C4H2F7O4P/c5-2(6,7)1-13-16(12)14-3(8,9)4(10,11)15-16/h1H2. The molecule has 0 spiro atoms. The van der Waals surface area contributed by atoms with Crippen molar-refractivity contribution in [2.75, 3.05) is 6.61 Å². The van der Waals surface area contributed by atoms with Crippen LogP contribution in [-0.2, 0) is 18.1 Å². The minimum Gasteiger partial charge on any atom is -0.277 e. The Hall–Kier alpha value is -0.380. The molecule has 0 aromatic carbocycles. The summed E-state index contributed by atoms with van der Waals surface area (Å²) in [6, 6.07) is 0. The van der Waals surface area contributed by atoms with E-state index in [2.05, 4.69) is 13.6 Å². The largest absolute Gasteiger partial charge is 0.485 e. The van der Waals surface area contributed by atoms with E-state index in [4.69, 9.17) is 0 Å². The number of hydrogen-bond donors (Lipinski definition) is 0. The maximum absolute atomic E-state index is 12.2. The van der Waals surface area contributed by atoms with Gasteiger partial charge < -0.3 is 0 Å². The van der Waals surface area contributed by atoms with Gasteiger partial charge in [0.05, 0.1) is 0 Å². The number of hydrogen-bond acceptors (Lipinski definition) is 4. The van der Waals surface area contributed by atoms with E-state index in [-0.39, 0.29) is 0 Å². The summed E-state index contributed by atoms with van der Waals surface area (Å²) in [5, 5.41) is 0. The van der Waals surface area contributed by atoms with Gasteiger partial charge in [0.25, 0.3) is 0 Å². The van der Waals surface area contributed by atoms with E-state index in [1.165, 1.54) is 0 Å². The van der Waals surface area contributed by atoms with Crippen LogP contribution in [0.4, 0.5) is 30.7 Å². The molecule has 1 aliphatic rings. The first-order valence-corrected chi connectivity index (χ1v) is 4.81. The van der Waals surface area contributed by atoms with Gasteiger partial charge in [-0.2, -0.15) is 30.7 Å². The second-order valence-electron chi connectivity index (χ2n) is 2.55. The molecule has 96 valence electrons. The number of rotatable bonds is 2. The molecule has 0 aromatic heterocycles. The monoisotopic (exact) mass is 278 g/mol. The van der Waals surface area contributed by atoms with Crippen LogP contribution in [0.3, 0.4) is 0 Å². The van der Waals surface area contributed by atoms with Gasteiger partial charge in [0.2, 0.25) is 0 Å². The van der Waals surface area contributed by atoms with Crippen molar-refractivity contribution in [1.29, 1.82) is 0 Å². The summed E-state index contributed by atoms with van der Waals surface area (Å²) >= 11 is 0. The van der Waals surface area contributed by atoms with E-state index >= 15 is 0 Å². The van der Waals surface area contributed by atoms with Crippen LogP contribution in [0.1, 0.15) is 0 Å². The SMILES string of the molecule is O=P1(OCC(F)(F)F)OC(F)(F)C(F)(F)O1. The lowest BCUT2D eigenvalue weighted by atomic mass is 10.6. The van der Waals surface area contributed by atoms with Crippen molar-refractivity contribution in [2.45, 2.75) is 18.4 Å². The average Bonchev–Trinajstić information content (AvgIpc) is 2.12. The molecule has 0 bridgehead atoms. The lowest BCUT2D eigenvalue weighted by Crippen LogP contribution is -2.36. The maximum atomic E-state index is 12.2. The smallest absolute Gasteiger partial charge is 0.277 e. The third-order valence-electron chi connectivity index (χ3n) is 1.18. The fourth-order valence-corrected chi connectivity index (χ4v) is 1.83. The van der Waals surface area contributed by atoms with E-state index < -0.39 is 32.8 Å². The van der Waals surface area contributed by atoms with Crippen molar-refractivity contribution in [1.82, 2.24) is 0 Å². The van der Waals surface area contributed by atoms with Gasteiger partial charge in [-0.3, -0.25) is 4.52 Å². The third kappa shape index (κ3) is 2.84. The van der Waals surface area contributed by atoms with E-state index in [1.54, 1.807) is 0 Å². The van der Waals surface area contributed by atoms with E-state index in [0.29, 0.717) is 0 Å². The molecule has 0 aromatic rings. The number of halogens is 7. The Kier molecular flexibility index (Phi) is 3.04. The molecule has 0 amide bonds. The fraction of sp³-hybridized carbons (Fsp3) is 1.00. The van der Waals surface area contributed by atoms with E-state index in [1.807, 2.05) is 0 Å². The molecule has 0 saturated carbocycles. The molecule has 0 N–H and O–H groups in total. The van der Waals surface area contributed by atoms with Crippen molar-refractivity contribution in [3.8, 4) is 0 Å². The molecular weight excluding hydrogens is 276 g/mol. The molecule has 4 nitrogen and oxygen atoms in total. The number of phosphoric ester groups is 1. The first-order valence-electron chi connectivity index (χ1n) is 3.35. The van der Waals surface area contributed by atoms with Crippen LogP contribution in [0, 0.1) is 0 Å². The highest BCUT2D eigenvalue weighted by molar-refractivity contribution is 7.48. The molecule has 1 rings (SSSR count). The van der Waals surface area contributed by atoms with Crippen LogP contribution in [-0.4, -0.2) is 25.0 Å². The van der Waals surface area contributed by atoms with Crippen LogP contribution >= 0.6 is 7.82 Å². The summed E-state index contributed by atoms with van der Waals surface area (Å²) in [6.45, 7) is -2.32. The second kappa shape index (κ2) is 3.56. The van der Waals surface area contributed by atoms with Crippen LogP contribution in [0.2, 0.25) is 0 Å². The zero-order valence-electron chi connectivity index (χ0n) is 6.93. The normalized spacial score (nSPS) is 26.9. The van der Waals surface area contributed by atoms with Gasteiger partial charge in [-0.1, -0.05) is 0 Å². The maximum Gasteiger partial charge on any atom is 0.485 e. The Bertz CT molecular complexity index is 305. The minimum absolute atomic E-state index is 2.32. The van der Waals surface area contributed by atoms with E-state index in [0.717, 1.165) is 0 Å². The quantitative estimate of drug-likeness (QED) is 0.575. The topological polar surface area (TPSA) is 44.8 Å². The fourth-order valence-electron chi connectivity index (χ4n) is 0.611. The predicted molar refractivity (Wildman–Crippen MR) is 31.7 cm³/mol. The molecule has 0 unspecified atom stereocenters. The Balaban J connectivity index is 2.74. The molecule has 1 saturated heterocycles. The molecule has 1 heterocycles. The van der Waals surface area contributed by atoms with Crippen molar-refractivity contribution in [3.63, 3.8) is 0 Å². The molecule has 1 aliphatic heterocycles. The zero-order valence-corrected chi connectivity index (χ0v) is 7.83. The predicted octanol–water partition coefficient (Wildman–Crippen LogP) is 2.91. The Morgan fingerprint density at radius 3 is 1.75 bits per heavy atom. The Morgan fingerprint density at radius 1 is 1.06 bits per heavy atom. The van der Waals surface area contributed by atoms with Crippen LogP contribution in [0.5, 0.6) is 0 Å². The summed E-state index contributed by atoms with van der Waals surface area (Å²) < 4.78 is 103. The van der Waals surface area contributed by atoms with Gasteiger partial charge in [-0.15, -0.1) is 0 Å². The Labute approximate surface area is 82.9 Å². The highest BCUT2D eigenvalue weighted by atomic mass is 31.2. The third-order valence-corrected chi connectivity index (χ3v) is 2.53. The summed E-state index contributed by atoms with van der Waals surface area (Å²) in [7, 11) is -5.63. The van der Waals surface area contributed by atoms with Crippen molar-refractivity contribution in [2.24, 2.45) is 0 Å². The van der Waals surface area contributed by atoms with Gasteiger partial charge in [0, 0.05) is 0 Å². The summed E-state index contributed by atoms with van der Waals surface area (Å²) in [6.07, 6.45) is -15.7. The van der Waals surface area contributed by atoms with Gasteiger partial charge in [0.15, 0.2) is 6.61 Å². The highest BCUT2D eigenvalue weighted by Gasteiger charge is 2.73. The molecule has 0 atom stereocenters. The van der Waals surface area contributed by atoms with Gasteiger partial charge in [-0.25, -0.2) is 13.6 Å². The van der Waals surface area contributed by atoms with Crippen molar-refractivity contribution < 1.29 is 48.9 Å². The second-order valence-corrected chi connectivity index (χ2v) is 4.07. The molecule has 1 fully saturated rings.